The quantitative estimate of drug-likeness (QED) is 0.564. The molecule has 33 heavy (non-hydrogen) atoms. The smallest absolute Gasteiger partial charge is 0.271 e. The molecule has 0 aliphatic carbocycles. The summed E-state index contributed by atoms with van der Waals surface area (Å²) in [6.07, 6.45) is 3.42. The number of nitrogens with one attached hydrogen (secondary N) is 1. The number of para-hydroxylation sites is 1. The Bertz CT molecular complexity index is 1230. The van der Waals surface area contributed by atoms with Gasteiger partial charge in [0.2, 0.25) is 0 Å². The Morgan fingerprint density at radius 3 is 2.85 bits per heavy atom. The molecule has 2 unspecified atom stereocenters. The molecular weight excluding hydrogens is 436 g/mol. The van der Waals surface area contributed by atoms with E-state index >= 15 is 0 Å². The van der Waals surface area contributed by atoms with E-state index in [0.717, 1.165) is 40.7 Å². The van der Waals surface area contributed by atoms with Crippen LogP contribution in [-0.2, 0) is 11.3 Å². The van der Waals surface area contributed by atoms with Crippen LogP contribution in [0.4, 0.5) is 5.82 Å². The highest BCUT2D eigenvalue weighted by atomic mass is 32.2. The van der Waals surface area contributed by atoms with Crippen molar-refractivity contribution in [2.45, 2.75) is 57.1 Å². The first-order valence-electron chi connectivity index (χ1n) is 11.2. The number of hydrogen-bond donors (Lipinski definition) is 1. The number of fused-ring (bicyclic) bond motifs is 1. The molecule has 8 heteroatoms. The van der Waals surface area contributed by atoms with E-state index < -0.39 is 0 Å². The van der Waals surface area contributed by atoms with Crippen LogP contribution in [0.1, 0.15) is 61.7 Å². The fourth-order valence-electron chi connectivity index (χ4n) is 4.58. The number of pyridine rings is 1. The highest BCUT2D eigenvalue weighted by Gasteiger charge is 2.36. The fourth-order valence-corrected chi connectivity index (χ4v) is 5.71. The number of aromatic nitrogens is 3. The van der Waals surface area contributed by atoms with Crippen LogP contribution in [0.5, 0.6) is 5.75 Å². The summed E-state index contributed by atoms with van der Waals surface area (Å²) in [6, 6.07) is 13.8. The van der Waals surface area contributed by atoms with E-state index in [2.05, 4.69) is 23.9 Å². The fraction of sp³-hybridized carbons (Fsp3) is 0.400. The lowest BCUT2D eigenvalue weighted by Crippen LogP contribution is -2.35. The summed E-state index contributed by atoms with van der Waals surface area (Å²) in [4.78, 5) is 22.4. The van der Waals surface area contributed by atoms with Crippen LogP contribution < -0.4 is 10.3 Å². The van der Waals surface area contributed by atoms with E-state index in [1.54, 1.807) is 18.0 Å². The number of H-pyrrole nitrogens is 1. The van der Waals surface area contributed by atoms with Gasteiger partial charge >= 0.3 is 0 Å². The predicted molar refractivity (Wildman–Crippen MR) is 131 cm³/mol. The number of rotatable bonds is 5. The Balaban J connectivity index is 1.51. The molecule has 172 valence electrons. The summed E-state index contributed by atoms with van der Waals surface area (Å²) < 4.78 is 14.0. The number of ether oxygens (including phenoxy) is 2. The van der Waals surface area contributed by atoms with Crippen molar-refractivity contribution >= 4 is 22.6 Å². The van der Waals surface area contributed by atoms with E-state index in [4.69, 9.17) is 14.5 Å². The lowest BCUT2D eigenvalue weighted by atomic mass is 9.94. The summed E-state index contributed by atoms with van der Waals surface area (Å²) in [5.74, 6) is 1.48. The minimum Gasteiger partial charge on any atom is -0.487 e. The molecule has 0 saturated carbocycles. The first kappa shape index (κ1) is 22.0. The van der Waals surface area contributed by atoms with Crippen molar-refractivity contribution in [3.05, 3.63) is 75.8 Å². The maximum Gasteiger partial charge on any atom is 0.271 e. The lowest BCUT2D eigenvalue weighted by Gasteiger charge is -2.36. The normalized spacial score (nSPS) is 21.8. The van der Waals surface area contributed by atoms with E-state index in [1.165, 1.54) is 0 Å². The maximum absolute atomic E-state index is 13.2. The first-order chi connectivity index (χ1) is 15.9. The topological polar surface area (TPSA) is 81.5 Å². The molecule has 2 aliphatic rings. The second-order valence-electron chi connectivity index (χ2n) is 9.08. The second-order valence-corrected chi connectivity index (χ2v) is 10.4. The molecule has 0 bridgehead atoms. The molecule has 2 aliphatic heterocycles. The van der Waals surface area contributed by atoms with Crippen molar-refractivity contribution in [2.24, 2.45) is 4.99 Å². The largest absolute Gasteiger partial charge is 0.487 e. The molecular formula is C25H28N4O3S. The Labute approximate surface area is 197 Å². The molecule has 4 heterocycles. The molecule has 0 spiro atoms. The molecule has 3 aromatic rings. The van der Waals surface area contributed by atoms with Gasteiger partial charge in [0.25, 0.3) is 5.56 Å². The summed E-state index contributed by atoms with van der Waals surface area (Å²) in [5, 5.41) is 3.82. The highest BCUT2D eigenvalue weighted by Crippen LogP contribution is 2.47. The van der Waals surface area contributed by atoms with Crippen LogP contribution in [0, 0.1) is 0 Å². The monoisotopic (exact) mass is 464 g/mol. The SMILES string of the molecule is CC1=Nc2c(c(=O)[nH]n2C2CCOC(C)(C)C2)C(c2ccccc2OCc2ccccn2)S1. The highest BCUT2D eigenvalue weighted by molar-refractivity contribution is 8.14. The number of benzene rings is 1. The minimum atomic E-state index is -0.232. The number of aromatic amines is 1. The zero-order valence-corrected chi connectivity index (χ0v) is 19.9. The molecule has 1 aromatic carbocycles. The second kappa shape index (κ2) is 8.83. The molecule has 0 amide bonds. The Hall–Kier alpha value is -2.84. The van der Waals surface area contributed by atoms with Crippen LogP contribution in [0.25, 0.3) is 0 Å². The van der Waals surface area contributed by atoms with Gasteiger partial charge < -0.3 is 9.47 Å². The standard InChI is InChI=1S/C25H28N4O3S/c1-16-27-23-21(24(30)28-29(23)18-11-13-32-25(2,3)14-18)22(33-16)19-9-4-5-10-20(19)31-15-17-8-6-7-12-26-17/h4-10,12,18,22H,11,13-15H2,1-3H3,(H,28,30). The zero-order valence-electron chi connectivity index (χ0n) is 19.1. The third-order valence-corrected chi connectivity index (χ3v) is 7.25. The summed E-state index contributed by atoms with van der Waals surface area (Å²) in [6.45, 7) is 7.21. The van der Waals surface area contributed by atoms with Crippen molar-refractivity contribution in [1.82, 2.24) is 14.8 Å². The van der Waals surface area contributed by atoms with Crippen LogP contribution in [0.2, 0.25) is 0 Å². The van der Waals surface area contributed by atoms with Crippen molar-refractivity contribution in [1.29, 1.82) is 0 Å². The number of thioether (sulfide) groups is 1. The summed E-state index contributed by atoms with van der Waals surface area (Å²) in [5.41, 5.74) is 2.17. The Kier molecular flexibility index (Phi) is 5.88. The first-order valence-corrected chi connectivity index (χ1v) is 12.1. The minimum absolute atomic E-state index is 0.0948. The Morgan fingerprint density at radius 1 is 1.24 bits per heavy atom. The van der Waals surface area contributed by atoms with Crippen LogP contribution in [-0.4, -0.2) is 32.0 Å². The van der Waals surface area contributed by atoms with Gasteiger partial charge in [-0.25, -0.2) is 4.99 Å². The summed E-state index contributed by atoms with van der Waals surface area (Å²) >= 11 is 1.59. The third-order valence-electron chi connectivity index (χ3n) is 6.09. The molecule has 0 radical (unpaired) electrons. The van der Waals surface area contributed by atoms with Crippen molar-refractivity contribution < 1.29 is 9.47 Å². The predicted octanol–water partition coefficient (Wildman–Crippen LogP) is 5.17. The molecule has 7 nitrogen and oxygen atoms in total. The van der Waals surface area contributed by atoms with Gasteiger partial charge in [0.15, 0.2) is 5.82 Å². The lowest BCUT2D eigenvalue weighted by molar-refractivity contribution is -0.0705. The average molecular weight is 465 g/mol. The van der Waals surface area contributed by atoms with Crippen molar-refractivity contribution in [3.63, 3.8) is 0 Å². The van der Waals surface area contributed by atoms with Crippen LogP contribution in [0.3, 0.4) is 0 Å². The van der Waals surface area contributed by atoms with Crippen molar-refractivity contribution in [3.8, 4) is 5.75 Å². The number of hydrogen-bond acceptors (Lipinski definition) is 6. The molecule has 1 N–H and O–H groups in total. The van der Waals surface area contributed by atoms with E-state index in [1.807, 2.05) is 54.1 Å². The van der Waals surface area contributed by atoms with Gasteiger partial charge in [0.05, 0.1) is 33.2 Å². The van der Waals surface area contributed by atoms with Gasteiger partial charge in [0, 0.05) is 18.4 Å². The molecule has 1 saturated heterocycles. The van der Waals surface area contributed by atoms with Gasteiger partial charge in [-0.05, 0) is 51.8 Å². The van der Waals surface area contributed by atoms with Gasteiger partial charge in [-0.1, -0.05) is 36.0 Å². The van der Waals surface area contributed by atoms with Crippen LogP contribution >= 0.6 is 11.8 Å². The third kappa shape index (κ3) is 4.50. The van der Waals surface area contributed by atoms with Gasteiger partial charge in [-0.3, -0.25) is 19.6 Å². The van der Waals surface area contributed by atoms with Gasteiger partial charge in [-0.15, -0.1) is 0 Å². The van der Waals surface area contributed by atoms with E-state index in [0.29, 0.717) is 18.8 Å². The van der Waals surface area contributed by atoms with E-state index in [-0.39, 0.29) is 22.5 Å². The Morgan fingerprint density at radius 2 is 2.06 bits per heavy atom. The van der Waals surface area contributed by atoms with Crippen molar-refractivity contribution in [2.75, 3.05) is 6.61 Å². The maximum atomic E-state index is 13.2. The summed E-state index contributed by atoms with van der Waals surface area (Å²) in [7, 11) is 0. The van der Waals surface area contributed by atoms with E-state index in [9.17, 15) is 4.79 Å². The molecule has 2 aromatic heterocycles. The average Bonchev–Trinajstić information content (AvgIpc) is 3.13. The zero-order chi connectivity index (χ0) is 23.0. The molecule has 5 rings (SSSR count). The van der Waals surface area contributed by atoms with Gasteiger partial charge in [-0.2, -0.15) is 0 Å². The molecule has 1 fully saturated rings. The number of nitrogens with zero attached hydrogens (tertiary/aromatic N) is 3. The van der Waals surface area contributed by atoms with Crippen LogP contribution in [0.15, 0.2) is 58.4 Å². The van der Waals surface area contributed by atoms with Gasteiger partial charge in [0.1, 0.15) is 12.4 Å². The number of aliphatic imine (C=N–C) groups is 1. The molecule has 2 atom stereocenters.